The molecule has 0 atom stereocenters. The van der Waals surface area contributed by atoms with Gasteiger partial charge in [0.1, 0.15) is 23.0 Å². The van der Waals surface area contributed by atoms with E-state index in [0.29, 0.717) is 13.2 Å². The molecule has 4 aromatic heterocycles. The van der Waals surface area contributed by atoms with Crippen LogP contribution in [0.4, 0.5) is 5.82 Å². The van der Waals surface area contributed by atoms with E-state index < -0.39 is 0 Å². The van der Waals surface area contributed by atoms with Gasteiger partial charge >= 0.3 is 0 Å². The summed E-state index contributed by atoms with van der Waals surface area (Å²) >= 11 is 0. The van der Waals surface area contributed by atoms with Crippen molar-refractivity contribution in [1.29, 1.82) is 0 Å². The van der Waals surface area contributed by atoms with Gasteiger partial charge < -0.3 is 9.64 Å². The SMILES string of the molecule is CCc1nc2cnccc2n1-c1cc(N2CCOCC2)n2nc(CN3CCN(C(C)(C)C)CC3)cc2n1. The quantitative estimate of drug-likeness (QED) is 0.411. The largest absolute Gasteiger partial charge is 0.378 e. The molecule has 2 saturated heterocycles. The molecule has 0 N–H and O–H groups in total. The number of ether oxygens (including phenoxy) is 1. The van der Waals surface area contributed by atoms with Gasteiger partial charge in [-0.2, -0.15) is 9.61 Å². The molecular weight excluding hydrogens is 466 g/mol. The molecular formula is C27H37N9O. The zero-order valence-electron chi connectivity index (χ0n) is 22.4. The summed E-state index contributed by atoms with van der Waals surface area (Å²) in [5.74, 6) is 2.89. The second-order valence-corrected chi connectivity index (χ2v) is 11.0. The van der Waals surface area contributed by atoms with Crippen LogP contribution < -0.4 is 4.90 Å². The summed E-state index contributed by atoms with van der Waals surface area (Å²) in [6, 6.07) is 6.31. The first-order chi connectivity index (χ1) is 17.9. The fraction of sp³-hybridized carbons (Fsp3) is 0.556. The van der Waals surface area contributed by atoms with Gasteiger partial charge in [-0.1, -0.05) is 6.92 Å². The Kier molecular flexibility index (Phi) is 6.34. The van der Waals surface area contributed by atoms with Gasteiger partial charge in [-0.15, -0.1) is 0 Å². The molecule has 0 radical (unpaired) electrons. The number of piperazine rings is 1. The van der Waals surface area contributed by atoms with E-state index in [-0.39, 0.29) is 5.54 Å². The average Bonchev–Trinajstić information content (AvgIpc) is 3.49. The lowest BCUT2D eigenvalue weighted by Crippen LogP contribution is -2.53. The Balaban J connectivity index is 1.38. The van der Waals surface area contributed by atoms with Crippen molar-refractivity contribution in [3.8, 4) is 5.82 Å². The monoisotopic (exact) mass is 503 g/mol. The maximum Gasteiger partial charge on any atom is 0.160 e. The second kappa shape index (κ2) is 9.66. The summed E-state index contributed by atoms with van der Waals surface area (Å²) in [5.41, 5.74) is 4.04. The van der Waals surface area contributed by atoms with Crippen LogP contribution >= 0.6 is 0 Å². The van der Waals surface area contributed by atoms with E-state index in [1.807, 2.05) is 23.0 Å². The number of fused-ring (bicyclic) bond motifs is 2. The van der Waals surface area contributed by atoms with Crippen LogP contribution in [0.5, 0.6) is 0 Å². The second-order valence-electron chi connectivity index (χ2n) is 11.0. The van der Waals surface area contributed by atoms with Crippen molar-refractivity contribution >= 4 is 22.5 Å². The van der Waals surface area contributed by atoms with Gasteiger partial charge in [-0.25, -0.2) is 9.97 Å². The van der Waals surface area contributed by atoms with Gasteiger partial charge in [-0.05, 0) is 26.8 Å². The van der Waals surface area contributed by atoms with Gasteiger partial charge in [0.25, 0.3) is 0 Å². The minimum atomic E-state index is 0.216. The highest BCUT2D eigenvalue weighted by Crippen LogP contribution is 2.26. The average molecular weight is 504 g/mol. The van der Waals surface area contributed by atoms with Crippen LogP contribution in [0.15, 0.2) is 30.6 Å². The number of aromatic nitrogens is 6. The Labute approximate surface area is 217 Å². The molecule has 0 saturated carbocycles. The van der Waals surface area contributed by atoms with Crippen LogP contribution in [0, 0.1) is 0 Å². The Hall–Kier alpha value is -3.08. The Bertz CT molecular complexity index is 1390. The minimum Gasteiger partial charge on any atom is -0.378 e. The molecule has 37 heavy (non-hydrogen) atoms. The molecule has 0 bridgehead atoms. The number of rotatable bonds is 5. The summed E-state index contributed by atoms with van der Waals surface area (Å²) in [4.78, 5) is 21.6. The molecule has 6 heterocycles. The normalized spacial score (nSPS) is 18.3. The van der Waals surface area contributed by atoms with Gasteiger partial charge in [0.15, 0.2) is 5.65 Å². The molecule has 2 aliphatic rings. The minimum absolute atomic E-state index is 0.216. The van der Waals surface area contributed by atoms with E-state index >= 15 is 0 Å². The van der Waals surface area contributed by atoms with Crippen LogP contribution in [0.1, 0.15) is 39.2 Å². The van der Waals surface area contributed by atoms with E-state index in [0.717, 1.165) is 92.1 Å². The molecule has 2 aliphatic heterocycles. The Morgan fingerprint density at radius 3 is 2.49 bits per heavy atom. The number of nitrogens with zero attached hydrogens (tertiary/aromatic N) is 9. The Morgan fingerprint density at radius 1 is 0.973 bits per heavy atom. The molecule has 4 aromatic rings. The van der Waals surface area contributed by atoms with Crippen molar-refractivity contribution in [2.24, 2.45) is 0 Å². The number of pyridine rings is 1. The third-order valence-electron chi connectivity index (χ3n) is 7.56. The molecule has 196 valence electrons. The topological polar surface area (TPSA) is 79.9 Å². The van der Waals surface area contributed by atoms with Gasteiger partial charge in [0, 0.05) is 76.1 Å². The Morgan fingerprint density at radius 2 is 1.76 bits per heavy atom. The molecule has 0 aromatic carbocycles. The van der Waals surface area contributed by atoms with Crippen LogP contribution in [0.2, 0.25) is 0 Å². The number of aryl methyl sites for hydroxylation is 1. The zero-order valence-corrected chi connectivity index (χ0v) is 22.4. The van der Waals surface area contributed by atoms with Gasteiger partial charge in [-0.3, -0.25) is 19.4 Å². The van der Waals surface area contributed by atoms with Crippen LogP contribution in [0.3, 0.4) is 0 Å². The first kappa shape index (κ1) is 24.3. The number of hydrogen-bond donors (Lipinski definition) is 0. The van der Waals surface area contributed by atoms with Crippen molar-refractivity contribution < 1.29 is 4.74 Å². The molecule has 0 unspecified atom stereocenters. The lowest BCUT2D eigenvalue weighted by Gasteiger charge is -2.42. The fourth-order valence-electron chi connectivity index (χ4n) is 5.48. The maximum absolute atomic E-state index is 5.65. The third-order valence-corrected chi connectivity index (χ3v) is 7.56. The van der Waals surface area contributed by atoms with Crippen LogP contribution in [-0.4, -0.2) is 97.0 Å². The van der Waals surface area contributed by atoms with E-state index in [1.54, 1.807) is 0 Å². The van der Waals surface area contributed by atoms with Gasteiger partial charge in [0.05, 0.1) is 30.6 Å². The highest BCUT2D eigenvalue weighted by molar-refractivity contribution is 5.77. The van der Waals surface area contributed by atoms with E-state index in [4.69, 9.17) is 19.8 Å². The number of imidazole rings is 1. The molecule has 0 amide bonds. The molecule has 0 aliphatic carbocycles. The summed E-state index contributed by atoms with van der Waals surface area (Å²) in [6.07, 6.45) is 4.44. The molecule has 6 rings (SSSR count). The lowest BCUT2D eigenvalue weighted by molar-refractivity contribution is 0.0585. The highest BCUT2D eigenvalue weighted by atomic mass is 16.5. The van der Waals surface area contributed by atoms with Gasteiger partial charge in [0.2, 0.25) is 0 Å². The van der Waals surface area contributed by atoms with E-state index in [2.05, 4.69) is 64.1 Å². The fourth-order valence-corrected chi connectivity index (χ4v) is 5.48. The predicted molar refractivity (Wildman–Crippen MR) is 144 cm³/mol. The first-order valence-electron chi connectivity index (χ1n) is 13.4. The summed E-state index contributed by atoms with van der Waals surface area (Å²) in [5, 5.41) is 5.06. The van der Waals surface area contributed by atoms with Crippen molar-refractivity contribution in [2.45, 2.75) is 46.2 Å². The molecule has 2 fully saturated rings. The standard InChI is InChI=1S/C27H37N9O/c1-5-23-29-21-18-28-7-6-22(21)35(23)24-17-26(33-12-14-37-15-13-33)36-25(30-24)16-20(31-36)19-32-8-10-34(11-9-32)27(2,3)4/h6-7,16-18H,5,8-15,19H2,1-4H3. The van der Waals surface area contributed by atoms with E-state index in [1.165, 1.54) is 0 Å². The summed E-state index contributed by atoms with van der Waals surface area (Å²) < 4.78 is 9.83. The molecule has 10 nitrogen and oxygen atoms in total. The summed E-state index contributed by atoms with van der Waals surface area (Å²) in [7, 11) is 0. The number of hydrogen-bond acceptors (Lipinski definition) is 8. The molecule has 10 heteroatoms. The lowest BCUT2D eigenvalue weighted by atomic mass is 10.0. The molecule has 0 spiro atoms. The van der Waals surface area contributed by atoms with E-state index in [9.17, 15) is 0 Å². The third kappa shape index (κ3) is 4.69. The van der Waals surface area contributed by atoms with Crippen LogP contribution in [-0.2, 0) is 17.7 Å². The number of anilines is 1. The van der Waals surface area contributed by atoms with Crippen molar-refractivity contribution in [3.63, 3.8) is 0 Å². The summed E-state index contributed by atoms with van der Waals surface area (Å²) in [6.45, 7) is 17.2. The van der Waals surface area contributed by atoms with Crippen molar-refractivity contribution in [1.82, 2.24) is 38.9 Å². The van der Waals surface area contributed by atoms with Crippen molar-refractivity contribution in [3.05, 3.63) is 42.1 Å². The first-order valence-corrected chi connectivity index (χ1v) is 13.4. The number of morpholine rings is 1. The smallest absolute Gasteiger partial charge is 0.160 e. The van der Waals surface area contributed by atoms with Crippen molar-refractivity contribution in [2.75, 3.05) is 57.4 Å². The van der Waals surface area contributed by atoms with Crippen LogP contribution in [0.25, 0.3) is 22.5 Å². The predicted octanol–water partition coefficient (Wildman–Crippen LogP) is 2.78. The maximum atomic E-state index is 5.65. The highest BCUT2D eigenvalue weighted by Gasteiger charge is 2.27. The zero-order chi connectivity index (χ0) is 25.6.